The second-order valence-corrected chi connectivity index (χ2v) is 14.9. The van der Waals surface area contributed by atoms with E-state index in [1.807, 2.05) is 43.7 Å². The van der Waals surface area contributed by atoms with Crippen molar-refractivity contribution < 1.29 is 33.2 Å². The highest BCUT2D eigenvalue weighted by Crippen LogP contribution is 2.43. The number of hydrogen-bond donors (Lipinski definition) is 5. The molecule has 3 aliphatic rings. The van der Waals surface area contributed by atoms with Crippen molar-refractivity contribution in [3.63, 3.8) is 0 Å². The average molecular weight is 800 g/mol. The van der Waals surface area contributed by atoms with Gasteiger partial charge in [-0.15, -0.1) is 0 Å². The number of carbonyl (C=O) groups excluding carboxylic acids is 5. The van der Waals surface area contributed by atoms with Crippen LogP contribution in [0.25, 0.3) is 33.1 Å². The van der Waals surface area contributed by atoms with Gasteiger partial charge >= 0.3 is 0 Å². The maximum Gasteiger partial charge on any atom is 0.289 e. The topological polar surface area (TPSA) is 231 Å². The summed E-state index contributed by atoms with van der Waals surface area (Å²) >= 11 is 0. The molecule has 4 aromatic heterocycles. The van der Waals surface area contributed by atoms with Crippen LogP contribution in [0.2, 0.25) is 0 Å². The maximum atomic E-state index is 13.7. The SMILES string of the molecule is CCn1nc(C2CC2)cc1Nc1nc(C(=O)NCCCNc2cccc3c2C(=O)N(C2CCC(=O)NC2=O)C3=O)nc2[nH]c3cc(-c4c(C)noc4C)c(OC)cc3c12. The van der Waals surface area contributed by atoms with E-state index in [4.69, 9.17) is 24.3 Å². The highest BCUT2D eigenvalue weighted by atomic mass is 16.5. The van der Waals surface area contributed by atoms with Crippen molar-refractivity contribution in [1.29, 1.82) is 0 Å². The van der Waals surface area contributed by atoms with Gasteiger partial charge in [0.25, 0.3) is 17.7 Å². The number of hydrogen-bond acceptors (Lipinski definition) is 13. The number of nitrogens with zero attached hydrogens (tertiary/aromatic N) is 6. The lowest BCUT2D eigenvalue weighted by Gasteiger charge is -2.27. The predicted molar refractivity (Wildman–Crippen MR) is 215 cm³/mol. The largest absolute Gasteiger partial charge is 0.496 e. The average Bonchev–Trinajstić information content (AvgIpc) is 3.67. The number of rotatable bonds is 13. The number of aromatic amines is 1. The molecule has 2 fully saturated rings. The lowest BCUT2D eigenvalue weighted by Crippen LogP contribution is -2.54. The summed E-state index contributed by atoms with van der Waals surface area (Å²) in [6, 6.07) is 9.71. The molecule has 0 spiro atoms. The van der Waals surface area contributed by atoms with Crippen LogP contribution < -0.4 is 26.0 Å². The first kappa shape index (κ1) is 37.5. The number of ether oxygens (including phenoxy) is 1. The quantitative estimate of drug-likeness (QED) is 0.0777. The lowest BCUT2D eigenvalue weighted by molar-refractivity contribution is -0.136. The van der Waals surface area contributed by atoms with E-state index in [-0.39, 0.29) is 36.3 Å². The van der Waals surface area contributed by atoms with E-state index in [2.05, 4.69) is 31.4 Å². The number of fused-ring (bicyclic) bond motifs is 4. The van der Waals surface area contributed by atoms with Crippen LogP contribution in [0.1, 0.15) is 93.4 Å². The molecule has 302 valence electrons. The Bertz CT molecular complexity index is 2720. The lowest BCUT2D eigenvalue weighted by atomic mass is 10.0. The summed E-state index contributed by atoms with van der Waals surface area (Å²) in [5, 5.41) is 22.2. The highest BCUT2D eigenvalue weighted by Gasteiger charge is 2.45. The van der Waals surface area contributed by atoms with Crippen LogP contribution in [0.5, 0.6) is 5.75 Å². The second kappa shape index (κ2) is 14.7. The van der Waals surface area contributed by atoms with E-state index in [1.54, 1.807) is 19.2 Å². The summed E-state index contributed by atoms with van der Waals surface area (Å²) in [6.07, 6.45) is 2.74. The third-order valence-corrected chi connectivity index (χ3v) is 11.0. The minimum Gasteiger partial charge on any atom is -0.496 e. The molecule has 6 heterocycles. The van der Waals surface area contributed by atoms with Crippen LogP contribution in [0.3, 0.4) is 0 Å². The fourth-order valence-corrected chi connectivity index (χ4v) is 7.98. The van der Waals surface area contributed by atoms with Gasteiger partial charge in [0, 0.05) is 60.2 Å². The Kier molecular flexibility index (Phi) is 9.32. The first-order valence-electron chi connectivity index (χ1n) is 19.6. The van der Waals surface area contributed by atoms with Crippen LogP contribution in [0.15, 0.2) is 40.9 Å². The molecular weight excluding hydrogens is 759 g/mol. The number of carbonyl (C=O) groups is 5. The number of aryl methyl sites for hydroxylation is 3. The Hall–Kier alpha value is -7.11. The smallest absolute Gasteiger partial charge is 0.289 e. The normalized spacial score (nSPS) is 16.5. The van der Waals surface area contributed by atoms with Crippen molar-refractivity contribution in [2.75, 3.05) is 30.8 Å². The molecule has 59 heavy (non-hydrogen) atoms. The number of amides is 5. The molecule has 18 heteroatoms. The van der Waals surface area contributed by atoms with Gasteiger partial charge in [0.05, 0.1) is 40.6 Å². The van der Waals surface area contributed by atoms with Crippen LogP contribution in [-0.4, -0.2) is 90.6 Å². The molecule has 18 nitrogen and oxygen atoms in total. The van der Waals surface area contributed by atoms with E-state index in [0.29, 0.717) is 59.5 Å². The number of anilines is 3. The number of nitrogens with one attached hydrogen (secondary N) is 5. The van der Waals surface area contributed by atoms with Gasteiger partial charge in [-0.2, -0.15) is 5.10 Å². The molecule has 1 saturated carbocycles. The van der Waals surface area contributed by atoms with Crippen molar-refractivity contribution in [3.8, 4) is 16.9 Å². The first-order valence-corrected chi connectivity index (χ1v) is 19.6. The highest BCUT2D eigenvalue weighted by molar-refractivity contribution is 6.25. The maximum absolute atomic E-state index is 13.7. The Morgan fingerprint density at radius 2 is 1.83 bits per heavy atom. The number of H-pyrrole nitrogens is 1. The van der Waals surface area contributed by atoms with E-state index < -0.39 is 35.6 Å². The zero-order valence-electron chi connectivity index (χ0n) is 32.8. The van der Waals surface area contributed by atoms with Gasteiger partial charge in [0.2, 0.25) is 17.6 Å². The van der Waals surface area contributed by atoms with E-state index in [0.717, 1.165) is 57.0 Å². The molecular formula is C41H41N11O7. The Labute approximate surface area is 336 Å². The third-order valence-electron chi connectivity index (χ3n) is 11.0. The van der Waals surface area contributed by atoms with Crippen LogP contribution in [0.4, 0.5) is 17.3 Å². The Balaban J connectivity index is 0.957. The zero-order chi connectivity index (χ0) is 41.1. The summed E-state index contributed by atoms with van der Waals surface area (Å²) in [7, 11) is 1.61. The number of piperidine rings is 1. The van der Waals surface area contributed by atoms with Crippen LogP contribution in [-0.2, 0) is 16.1 Å². The van der Waals surface area contributed by atoms with Gasteiger partial charge in [0.15, 0.2) is 0 Å². The van der Waals surface area contributed by atoms with Crippen molar-refractivity contribution in [2.24, 2.45) is 0 Å². The molecule has 1 aliphatic carbocycles. The second-order valence-electron chi connectivity index (χ2n) is 14.9. The van der Waals surface area contributed by atoms with Gasteiger partial charge in [0.1, 0.15) is 34.8 Å². The molecule has 6 aromatic rings. The molecule has 2 aliphatic heterocycles. The van der Waals surface area contributed by atoms with Crippen LogP contribution >= 0.6 is 0 Å². The van der Waals surface area contributed by atoms with Gasteiger partial charge < -0.3 is 30.2 Å². The summed E-state index contributed by atoms with van der Waals surface area (Å²) in [4.78, 5) is 78.4. The van der Waals surface area contributed by atoms with Crippen molar-refractivity contribution in [3.05, 3.63) is 70.5 Å². The van der Waals surface area contributed by atoms with Crippen molar-refractivity contribution >= 4 is 68.8 Å². The predicted octanol–water partition coefficient (Wildman–Crippen LogP) is 4.86. The summed E-state index contributed by atoms with van der Waals surface area (Å²) in [5.74, 6) is 0.00419. The number of benzene rings is 2. The zero-order valence-corrected chi connectivity index (χ0v) is 32.8. The number of imide groups is 2. The minimum absolute atomic E-state index is 0.0330. The van der Waals surface area contributed by atoms with Gasteiger partial charge in [-0.1, -0.05) is 11.2 Å². The molecule has 5 amide bonds. The number of aromatic nitrogens is 6. The monoisotopic (exact) mass is 799 g/mol. The molecule has 1 unspecified atom stereocenters. The fourth-order valence-electron chi connectivity index (χ4n) is 7.98. The molecule has 1 atom stereocenters. The standard InChI is InChI=1S/C41H41N11O7/c1-5-51-30(18-26(49-51)21-10-11-21)45-36-34-23-17-29(58-4)24(32-19(2)50-59-20(32)3)16-27(23)44-35(34)47-37(48-36)39(55)43-15-7-14-42-25-9-6-8-22-33(25)41(57)52(40(22)56)28-12-13-31(53)46-38(28)54/h6,8-9,16-18,21,28,42H,5,7,10-15H2,1-4H3,(H,43,55)(H,46,53,54)(H2,44,45,47,48). The first-order chi connectivity index (χ1) is 28.5. The van der Waals surface area contributed by atoms with Crippen molar-refractivity contribution in [2.45, 2.75) is 71.4 Å². The van der Waals surface area contributed by atoms with Gasteiger partial charge in [-0.05, 0) is 70.7 Å². The molecule has 0 bridgehead atoms. The Morgan fingerprint density at radius 3 is 2.56 bits per heavy atom. The summed E-state index contributed by atoms with van der Waals surface area (Å²) in [6.45, 7) is 6.94. The van der Waals surface area contributed by atoms with E-state index >= 15 is 0 Å². The molecule has 2 aromatic carbocycles. The minimum atomic E-state index is -1.06. The Morgan fingerprint density at radius 1 is 1.00 bits per heavy atom. The summed E-state index contributed by atoms with van der Waals surface area (Å²) in [5.41, 5.74) is 5.30. The molecule has 0 radical (unpaired) electrons. The molecule has 5 N–H and O–H groups in total. The fraction of sp³-hybridized carbons (Fsp3) is 0.341. The number of methoxy groups -OCH3 is 1. The van der Waals surface area contributed by atoms with Crippen molar-refractivity contribution in [1.82, 2.24) is 45.4 Å². The third kappa shape index (κ3) is 6.59. The van der Waals surface area contributed by atoms with Gasteiger partial charge in [-0.3, -0.25) is 34.2 Å². The van der Waals surface area contributed by atoms with Gasteiger partial charge in [-0.25, -0.2) is 14.6 Å². The summed E-state index contributed by atoms with van der Waals surface area (Å²) < 4.78 is 13.2. The molecule has 9 rings (SSSR count). The molecule has 1 saturated heterocycles. The van der Waals surface area contributed by atoms with E-state index in [1.165, 1.54) is 6.07 Å². The van der Waals surface area contributed by atoms with Crippen LogP contribution in [0, 0.1) is 13.8 Å². The van der Waals surface area contributed by atoms with E-state index in [9.17, 15) is 24.0 Å².